The average molecular weight is 508 g/mol. The Kier molecular flexibility index (Phi) is 7.30. The molecule has 2 aromatic rings. The van der Waals surface area contributed by atoms with Crippen molar-refractivity contribution in [2.45, 2.75) is 49.3 Å². The van der Waals surface area contributed by atoms with Crippen LogP contribution in [-0.2, 0) is 9.59 Å². The molecule has 0 heterocycles. The number of carbonyl (C=O) groups is 2. The summed E-state index contributed by atoms with van der Waals surface area (Å²) in [5.41, 5.74) is -1.49. The number of hydrogen-bond acceptors (Lipinski definition) is 6. The van der Waals surface area contributed by atoms with E-state index in [1.165, 1.54) is 31.4 Å². The van der Waals surface area contributed by atoms with Crippen LogP contribution in [0.5, 0.6) is 17.2 Å². The Hall–Kier alpha value is -3.47. The summed E-state index contributed by atoms with van der Waals surface area (Å²) in [5, 5.41) is 16.6. The predicted molar refractivity (Wildman–Crippen MR) is 121 cm³/mol. The topological polar surface area (TPSA) is 106 Å². The van der Waals surface area contributed by atoms with E-state index in [0.29, 0.717) is 25.7 Å². The minimum Gasteiger partial charge on any atom is -0.494 e. The van der Waals surface area contributed by atoms with Crippen molar-refractivity contribution in [1.82, 2.24) is 10.6 Å². The lowest BCUT2D eigenvalue weighted by molar-refractivity contribution is -0.137. The molecule has 3 aliphatic carbocycles. The molecule has 36 heavy (non-hydrogen) atoms. The quantitative estimate of drug-likeness (QED) is 0.481. The number of amides is 2. The second kappa shape index (κ2) is 10.3. The van der Waals surface area contributed by atoms with Crippen molar-refractivity contribution in [3.63, 3.8) is 0 Å². The molecule has 3 aliphatic rings. The molecule has 0 aliphatic heterocycles. The maximum atomic E-state index is 13.5. The Balaban J connectivity index is 1.28. The van der Waals surface area contributed by atoms with Gasteiger partial charge in [-0.2, -0.15) is 0 Å². The lowest BCUT2D eigenvalue weighted by atomic mass is 9.60. The standard InChI is InChI=1S/C25H27F3N2O6/c1-34-20-11-16(3-5-18(20)27)36-13-22(32)29-24-6-8-25(9-7-24,21(31)12-24)30-23(33)14-35-15-2-4-17(26)19(28)10-15/h2-5,10-11,21,31H,6-9,12-14H2,1H3,(H,29,32)(H,30,33)/t21-,24?,25?/m0/s1. The van der Waals surface area contributed by atoms with Crippen LogP contribution in [-0.4, -0.2) is 54.4 Å². The fourth-order valence-electron chi connectivity index (χ4n) is 4.90. The first-order chi connectivity index (χ1) is 17.1. The minimum atomic E-state index is -1.08. The highest BCUT2D eigenvalue weighted by atomic mass is 19.2. The summed E-state index contributed by atoms with van der Waals surface area (Å²) in [6.45, 7) is -0.719. The number of methoxy groups -OCH3 is 1. The van der Waals surface area contributed by atoms with Crippen LogP contribution in [0, 0.1) is 17.5 Å². The zero-order valence-electron chi connectivity index (χ0n) is 19.6. The van der Waals surface area contributed by atoms with Crippen LogP contribution in [0.4, 0.5) is 13.2 Å². The zero-order valence-corrected chi connectivity index (χ0v) is 19.6. The van der Waals surface area contributed by atoms with Gasteiger partial charge in [-0.1, -0.05) is 0 Å². The number of aliphatic hydroxyl groups is 1. The maximum Gasteiger partial charge on any atom is 0.258 e. The van der Waals surface area contributed by atoms with E-state index in [2.05, 4.69) is 10.6 Å². The maximum absolute atomic E-state index is 13.5. The van der Waals surface area contributed by atoms with Crippen molar-refractivity contribution in [1.29, 1.82) is 0 Å². The molecule has 0 unspecified atom stereocenters. The highest BCUT2D eigenvalue weighted by Gasteiger charge is 2.55. The summed E-state index contributed by atoms with van der Waals surface area (Å²) in [5.74, 6) is -3.23. The SMILES string of the molecule is COc1cc(OCC(=O)NC23CCC(NC(=O)COc4ccc(F)c(F)c4)(CC2)[C@@H](O)C3)ccc1F. The predicted octanol–water partition coefficient (Wildman–Crippen LogP) is 2.62. The van der Waals surface area contributed by atoms with Gasteiger partial charge in [0.2, 0.25) is 0 Å². The first-order valence-corrected chi connectivity index (χ1v) is 11.5. The second-order valence-electron chi connectivity index (χ2n) is 9.20. The van der Waals surface area contributed by atoms with Crippen molar-refractivity contribution in [2.75, 3.05) is 20.3 Å². The molecule has 0 aromatic heterocycles. The van der Waals surface area contributed by atoms with Crippen molar-refractivity contribution < 1.29 is 42.1 Å². The molecule has 3 saturated carbocycles. The molecule has 8 nitrogen and oxygen atoms in total. The molecule has 3 fully saturated rings. The number of aliphatic hydroxyl groups excluding tert-OH is 1. The van der Waals surface area contributed by atoms with Crippen LogP contribution < -0.4 is 24.8 Å². The molecule has 0 spiro atoms. The second-order valence-corrected chi connectivity index (χ2v) is 9.20. The molecule has 1 atom stereocenters. The van der Waals surface area contributed by atoms with E-state index in [0.717, 1.165) is 12.1 Å². The van der Waals surface area contributed by atoms with E-state index in [9.17, 15) is 27.9 Å². The molecular formula is C25H27F3N2O6. The van der Waals surface area contributed by atoms with Crippen molar-refractivity contribution in [3.05, 3.63) is 53.8 Å². The van der Waals surface area contributed by atoms with Gasteiger partial charge in [-0.15, -0.1) is 0 Å². The highest BCUT2D eigenvalue weighted by molar-refractivity contribution is 5.79. The number of nitrogens with one attached hydrogen (secondary N) is 2. The summed E-state index contributed by atoms with van der Waals surface area (Å²) in [7, 11) is 1.33. The van der Waals surface area contributed by atoms with Gasteiger partial charge in [0.25, 0.3) is 11.8 Å². The summed E-state index contributed by atoms with van der Waals surface area (Å²) in [6.07, 6.45) is 1.26. The van der Waals surface area contributed by atoms with Gasteiger partial charge in [0.05, 0.1) is 18.8 Å². The third kappa shape index (κ3) is 5.51. The number of ether oxygens (including phenoxy) is 3. The van der Waals surface area contributed by atoms with E-state index in [-0.39, 0.29) is 36.2 Å². The Morgan fingerprint density at radius 1 is 0.889 bits per heavy atom. The zero-order chi connectivity index (χ0) is 25.9. The summed E-state index contributed by atoms with van der Waals surface area (Å²) in [4.78, 5) is 25.0. The summed E-state index contributed by atoms with van der Waals surface area (Å²) >= 11 is 0. The van der Waals surface area contributed by atoms with Gasteiger partial charge in [-0.3, -0.25) is 9.59 Å². The fourth-order valence-corrected chi connectivity index (χ4v) is 4.90. The van der Waals surface area contributed by atoms with Gasteiger partial charge in [0, 0.05) is 17.7 Å². The molecule has 0 saturated heterocycles. The molecule has 2 aromatic carbocycles. The van der Waals surface area contributed by atoms with Crippen LogP contribution in [0.1, 0.15) is 32.1 Å². The Morgan fingerprint density at radius 2 is 1.47 bits per heavy atom. The lowest BCUT2D eigenvalue weighted by Crippen LogP contribution is -2.70. The van der Waals surface area contributed by atoms with Gasteiger partial charge < -0.3 is 30.0 Å². The third-order valence-electron chi connectivity index (χ3n) is 6.87. The van der Waals surface area contributed by atoms with Crippen LogP contribution >= 0.6 is 0 Å². The summed E-state index contributed by atoms with van der Waals surface area (Å²) < 4.78 is 55.5. The van der Waals surface area contributed by atoms with E-state index in [1.807, 2.05) is 0 Å². The molecule has 2 amide bonds. The Bertz CT molecular complexity index is 1140. The van der Waals surface area contributed by atoms with Crippen molar-refractivity contribution >= 4 is 11.8 Å². The van der Waals surface area contributed by atoms with Gasteiger partial charge in [0.15, 0.2) is 36.4 Å². The molecule has 0 radical (unpaired) electrons. The summed E-state index contributed by atoms with van der Waals surface area (Å²) in [6, 6.07) is 6.89. The molecule has 5 rings (SSSR count). The number of rotatable bonds is 9. The number of benzene rings is 2. The van der Waals surface area contributed by atoms with E-state index >= 15 is 0 Å². The normalized spacial score (nSPS) is 24.6. The minimum absolute atomic E-state index is 0.00259. The van der Waals surface area contributed by atoms with Gasteiger partial charge in [-0.05, 0) is 56.4 Å². The number of fused-ring (bicyclic) bond motifs is 3. The van der Waals surface area contributed by atoms with Crippen LogP contribution in [0.15, 0.2) is 36.4 Å². The number of halogens is 3. The third-order valence-corrected chi connectivity index (χ3v) is 6.87. The number of hydrogen-bond donors (Lipinski definition) is 3. The monoisotopic (exact) mass is 508 g/mol. The van der Waals surface area contributed by atoms with Crippen LogP contribution in [0.2, 0.25) is 0 Å². The van der Waals surface area contributed by atoms with Crippen LogP contribution in [0.25, 0.3) is 0 Å². The molecular weight excluding hydrogens is 481 g/mol. The van der Waals surface area contributed by atoms with E-state index in [4.69, 9.17) is 14.2 Å². The van der Waals surface area contributed by atoms with Gasteiger partial charge in [0.1, 0.15) is 11.5 Å². The lowest BCUT2D eigenvalue weighted by Gasteiger charge is -2.56. The largest absolute Gasteiger partial charge is 0.494 e. The number of carbonyl (C=O) groups excluding carboxylic acids is 2. The van der Waals surface area contributed by atoms with E-state index < -0.39 is 47.1 Å². The first kappa shape index (κ1) is 25.6. The van der Waals surface area contributed by atoms with Crippen molar-refractivity contribution in [3.8, 4) is 17.2 Å². The smallest absolute Gasteiger partial charge is 0.258 e. The highest BCUT2D eigenvalue weighted by Crippen LogP contribution is 2.47. The Labute approximate surface area is 205 Å². The Morgan fingerprint density at radius 3 is 2.06 bits per heavy atom. The molecule has 2 bridgehead atoms. The average Bonchev–Trinajstić information content (AvgIpc) is 2.85. The van der Waals surface area contributed by atoms with Crippen molar-refractivity contribution in [2.24, 2.45) is 0 Å². The van der Waals surface area contributed by atoms with E-state index in [1.54, 1.807) is 0 Å². The fraction of sp³-hybridized carbons (Fsp3) is 0.440. The molecule has 11 heteroatoms. The molecule has 194 valence electrons. The van der Waals surface area contributed by atoms with Gasteiger partial charge in [-0.25, -0.2) is 13.2 Å². The molecule has 3 N–H and O–H groups in total. The van der Waals surface area contributed by atoms with Gasteiger partial charge >= 0.3 is 0 Å². The van der Waals surface area contributed by atoms with Crippen LogP contribution in [0.3, 0.4) is 0 Å². The first-order valence-electron chi connectivity index (χ1n) is 11.5.